The van der Waals surface area contributed by atoms with Gasteiger partial charge in [0.25, 0.3) is 0 Å². The van der Waals surface area contributed by atoms with E-state index in [1.165, 1.54) is 28.0 Å². The SMILES string of the molecule is CCC1Cc2ccc(C(C)C)cc2C(c2cccs2)N1. The fraction of sp³-hybridized carbons (Fsp3) is 0.444. The Morgan fingerprint density at radius 2 is 2.15 bits per heavy atom. The van der Waals surface area contributed by atoms with E-state index in [2.05, 4.69) is 61.8 Å². The van der Waals surface area contributed by atoms with E-state index in [9.17, 15) is 0 Å². The van der Waals surface area contributed by atoms with Gasteiger partial charge in [0.15, 0.2) is 0 Å². The van der Waals surface area contributed by atoms with E-state index in [4.69, 9.17) is 0 Å². The molecule has 0 amide bonds. The van der Waals surface area contributed by atoms with E-state index >= 15 is 0 Å². The molecule has 3 rings (SSSR count). The first-order valence-electron chi connectivity index (χ1n) is 7.61. The molecule has 1 aromatic heterocycles. The summed E-state index contributed by atoms with van der Waals surface area (Å²) >= 11 is 1.86. The lowest BCUT2D eigenvalue weighted by atomic mass is 9.86. The second-order valence-electron chi connectivity index (χ2n) is 6.04. The van der Waals surface area contributed by atoms with Crippen LogP contribution in [0.3, 0.4) is 0 Å². The van der Waals surface area contributed by atoms with E-state index in [-0.39, 0.29) is 0 Å². The van der Waals surface area contributed by atoms with Crippen LogP contribution >= 0.6 is 11.3 Å². The van der Waals surface area contributed by atoms with Gasteiger partial charge in [0.1, 0.15) is 0 Å². The smallest absolute Gasteiger partial charge is 0.0676 e. The zero-order valence-corrected chi connectivity index (χ0v) is 13.3. The summed E-state index contributed by atoms with van der Waals surface area (Å²) in [6.07, 6.45) is 2.35. The number of hydrogen-bond donors (Lipinski definition) is 1. The van der Waals surface area contributed by atoms with Crippen LogP contribution in [0.2, 0.25) is 0 Å². The van der Waals surface area contributed by atoms with Crippen LogP contribution in [0.4, 0.5) is 0 Å². The Morgan fingerprint density at radius 1 is 1.30 bits per heavy atom. The fourth-order valence-electron chi connectivity index (χ4n) is 3.03. The summed E-state index contributed by atoms with van der Waals surface area (Å²) in [6.45, 7) is 6.82. The Hall–Kier alpha value is -1.12. The van der Waals surface area contributed by atoms with E-state index in [1.807, 2.05) is 11.3 Å². The summed E-state index contributed by atoms with van der Waals surface area (Å²) in [7, 11) is 0. The third kappa shape index (κ3) is 2.55. The average molecular weight is 285 g/mol. The van der Waals surface area contributed by atoms with Gasteiger partial charge in [0, 0.05) is 10.9 Å². The van der Waals surface area contributed by atoms with Crippen LogP contribution in [-0.4, -0.2) is 6.04 Å². The van der Waals surface area contributed by atoms with Crippen molar-refractivity contribution in [3.63, 3.8) is 0 Å². The molecule has 0 fully saturated rings. The minimum Gasteiger partial charge on any atom is -0.302 e. The van der Waals surface area contributed by atoms with Gasteiger partial charge in [-0.05, 0) is 46.9 Å². The molecule has 1 N–H and O–H groups in total. The molecule has 2 atom stereocenters. The molecule has 2 unspecified atom stereocenters. The second-order valence-corrected chi connectivity index (χ2v) is 7.02. The minimum absolute atomic E-state index is 0.377. The summed E-state index contributed by atoms with van der Waals surface area (Å²) in [6, 6.07) is 12.5. The number of hydrogen-bond acceptors (Lipinski definition) is 2. The highest BCUT2D eigenvalue weighted by Gasteiger charge is 2.27. The van der Waals surface area contributed by atoms with E-state index in [1.54, 1.807) is 0 Å². The maximum atomic E-state index is 3.84. The number of benzene rings is 1. The lowest BCUT2D eigenvalue weighted by Crippen LogP contribution is -2.39. The van der Waals surface area contributed by atoms with Crippen molar-refractivity contribution in [1.82, 2.24) is 5.32 Å². The summed E-state index contributed by atoms with van der Waals surface area (Å²) < 4.78 is 0. The molecule has 1 aromatic carbocycles. The molecule has 2 heteroatoms. The van der Waals surface area contributed by atoms with Crippen LogP contribution in [0.25, 0.3) is 0 Å². The van der Waals surface area contributed by atoms with Gasteiger partial charge in [-0.3, -0.25) is 0 Å². The summed E-state index contributed by atoms with van der Waals surface area (Å²) in [5, 5.41) is 6.02. The first-order valence-corrected chi connectivity index (χ1v) is 8.49. The first kappa shape index (κ1) is 13.8. The zero-order valence-electron chi connectivity index (χ0n) is 12.5. The normalized spacial score (nSPS) is 22.0. The maximum Gasteiger partial charge on any atom is 0.0676 e. The molecule has 0 radical (unpaired) electrons. The molecule has 1 nitrogen and oxygen atoms in total. The molecular weight excluding hydrogens is 262 g/mol. The van der Waals surface area contributed by atoms with Gasteiger partial charge in [0.05, 0.1) is 6.04 Å². The molecule has 2 aromatic rings. The van der Waals surface area contributed by atoms with Crippen molar-refractivity contribution in [2.45, 2.75) is 51.6 Å². The summed E-state index contributed by atoms with van der Waals surface area (Å²) in [5.74, 6) is 0.591. The topological polar surface area (TPSA) is 12.0 Å². The third-order valence-electron chi connectivity index (χ3n) is 4.34. The molecule has 20 heavy (non-hydrogen) atoms. The van der Waals surface area contributed by atoms with Gasteiger partial charge in [-0.2, -0.15) is 0 Å². The van der Waals surface area contributed by atoms with Crippen LogP contribution in [0.1, 0.15) is 60.7 Å². The summed E-state index contributed by atoms with van der Waals surface area (Å²) in [4.78, 5) is 1.44. The minimum atomic E-state index is 0.377. The highest BCUT2D eigenvalue weighted by molar-refractivity contribution is 7.10. The largest absolute Gasteiger partial charge is 0.302 e. The molecule has 1 aliphatic heterocycles. The lowest BCUT2D eigenvalue weighted by molar-refractivity contribution is 0.430. The van der Waals surface area contributed by atoms with Gasteiger partial charge < -0.3 is 5.32 Å². The zero-order chi connectivity index (χ0) is 14.1. The molecule has 106 valence electrons. The van der Waals surface area contributed by atoms with Gasteiger partial charge in [-0.1, -0.05) is 45.0 Å². The highest BCUT2D eigenvalue weighted by Crippen LogP contribution is 2.35. The summed E-state index contributed by atoms with van der Waals surface area (Å²) in [5.41, 5.74) is 4.46. The molecular formula is C18H23NS. The van der Waals surface area contributed by atoms with E-state index < -0.39 is 0 Å². The number of thiophene rings is 1. The number of nitrogens with one attached hydrogen (secondary N) is 1. The van der Waals surface area contributed by atoms with Crippen LogP contribution in [0.15, 0.2) is 35.7 Å². The van der Waals surface area contributed by atoms with Crippen LogP contribution in [0.5, 0.6) is 0 Å². The molecule has 0 saturated heterocycles. The monoisotopic (exact) mass is 285 g/mol. The Bertz CT molecular complexity index is 571. The van der Waals surface area contributed by atoms with Gasteiger partial charge in [-0.25, -0.2) is 0 Å². The van der Waals surface area contributed by atoms with Crippen LogP contribution in [-0.2, 0) is 6.42 Å². The van der Waals surface area contributed by atoms with Gasteiger partial charge in [-0.15, -0.1) is 11.3 Å². The predicted molar refractivity (Wildman–Crippen MR) is 87.6 cm³/mol. The molecule has 0 bridgehead atoms. The predicted octanol–water partition coefficient (Wildman–Crippen LogP) is 4.89. The molecule has 0 aliphatic carbocycles. The third-order valence-corrected chi connectivity index (χ3v) is 5.27. The standard InChI is InChI=1S/C18H23NS/c1-4-15-10-14-8-7-13(12(2)3)11-16(14)18(19-15)17-6-5-9-20-17/h5-9,11-12,15,18-19H,4,10H2,1-3H3. The number of fused-ring (bicyclic) bond motifs is 1. The van der Waals surface area contributed by atoms with Crippen molar-refractivity contribution in [2.24, 2.45) is 0 Å². The number of rotatable bonds is 3. The van der Waals surface area contributed by atoms with Crippen molar-refractivity contribution in [1.29, 1.82) is 0 Å². The van der Waals surface area contributed by atoms with Crippen molar-refractivity contribution < 1.29 is 0 Å². The Balaban J connectivity index is 2.05. The average Bonchev–Trinajstić information content (AvgIpc) is 2.99. The molecule has 1 aliphatic rings. The first-order chi connectivity index (χ1) is 9.69. The maximum absolute atomic E-state index is 3.84. The Kier molecular flexibility index (Phi) is 3.95. The van der Waals surface area contributed by atoms with Crippen molar-refractivity contribution in [2.75, 3.05) is 0 Å². The lowest BCUT2D eigenvalue weighted by Gasteiger charge is -2.33. The Labute approximate surface area is 126 Å². The molecule has 2 heterocycles. The van der Waals surface area contributed by atoms with Gasteiger partial charge in [0.2, 0.25) is 0 Å². The van der Waals surface area contributed by atoms with Crippen molar-refractivity contribution in [3.05, 3.63) is 57.3 Å². The van der Waals surface area contributed by atoms with Gasteiger partial charge >= 0.3 is 0 Å². The van der Waals surface area contributed by atoms with E-state index in [0.717, 1.165) is 6.42 Å². The Morgan fingerprint density at radius 3 is 2.80 bits per heavy atom. The fourth-order valence-corrected chi connectivity index (χ4v) is 3.83. The molecule has 0 spiro atoms. The van der Waals surface area contributed by atoms with Crippen LogP contribution < -0.4 is 5.32 Å². The van der Waals surface area contributed by atoms with Crippen LogP contribution in [0, 0.1) is 0 Å². The quantitative estimate of drug-likeness (QED) is 0.847. The molecule has 0 saturated carbocycles. The van der Waals surface area contributed by atoms with E-state index in [0.29, 0.717) is 18.0 Å². The van der Waals surface area contributed by atoms with Crippen molar-refractivity contribution >= 4 is 11.3 Å². The second kappa shape index (κ2) is 5.71. The van der Waals surface area contributed by atoms with Crippen molar-refractivity contribution in [3.8, 4) is 0 Å². The highest BCUT2D eigenvalue weighted by atomic mass is 32.1.